The van der Waals surface area contributed by atoms with Crippen LogP contribution in [0.1, 0.15) is 37.4 Å². The van der Waals surface area contributed by atoms with Crippen LogP contribution < -0.4 is 0 Å². The van der Waals surface area contributed by atoms with Gasteiger partial charge in [0.05, 0.1) is 5.69 Å². The number of hydrogen-bond donors (Lipinski definition) is 0. The van der Waals surface area contributed by atoms with Gasteiger partial charge in [-0.3, -0.25) is 0 Å². The Morgan fingerprint density at radius 2 is 2.06 bits per heavy atom. The third-order valence-corrected chi connectivity index (χ3v) is 4.26. The van der Waals surface area contributed by atoms with E-state index in [4.69, 9.17) is 11.6 Å². The summed E-state index contributed by atoms with van der Waals surface area (Å²) in [5.41, 5.74) is 0.898. The molecule has 2 aromatic rings. The zero-order chi connectivity index (χ0) is 12.5. The third kappa shape index (κ3) is 2.17. The van der Waals surface area contributed by atoms with Crippen LogP contribution in [0.5, 0.6) is 0 Å². The fourth-order valence-corrected chi connectivity index (χ4v) is 3.03. The van der Waals surface area contributed by atoms with Crippen LogP contribution in [-0.4, -0.2) is 20.2 Å². The van der Waals surface area contributed by atoms with Crippen molar-refractivity contribution in [3.05, 3.63) is 33.5 Å². The Balaban J connectivity index is 2.06. The van der Waals surface area contributed by atoms with Gasteiger partial charge in [-0.25, -0.2) is 0 Å². The van der Waals surface area contributed by atoms with Gasteiger partial charge >= 0.3 is 0 Å². The van der Waals surface area contributed by atoms with E-state index in [-0.39, 0.29) is 0 Å². The minimum atomic E-state index is 0.464. The molecule has 0 N–H and O–H groups in total. The molecule has 1 heterocycles. The maximum Gasteiger partial charge on any atom is 0.159 e. The van der Waals surface area contributed by atoms with Gasteiger partial charge < -0.3 is 0 Å². The summed E-state index contributed by atoms with van der Waals surface area (Å²) in [6, 6.07) is 5.63. The normalized spacial score (nSPS) is 16.3. The Labute approximate surface area is 118 Å². The molecule has 1 aliphatic carbocycles. The standard InChI is InChI=1S/C12H12BrClN4/c13-10-6-5-9(14)7-11(10)18-12(15-16-17-18)8-3-1-2-4-8/h5-8H,1-4H2. The molecule has 0 radical (unpaired) electrons. The lowest BCUT2D eigenvalue weighted by Crippen LogP contribution is -2.07. The van der Waals surface area contributed by atoms with Crippen molar-refractivity contribution in [3.8, 4) is 5.69 Å². The molecule has 3 rings (SSSR count). The second kappa shape index (κ2) is 4.97. The molecule has 6 heteroatoms. The lowest BCUT2D eigenvalue weighted by Gasteiger charge is -2.11. The van der Waals surface area contributed by atoms with Gasteiger partial charge in [-0.2, -0.15) is 4.68 Å². The highest BCUT2D eigenvalue weighted by Gasteiger charge is 2.24. The van der Waals surface area contributed by atoms with Crippen molar-refractivity contribution in [1.82, 2.24) is 20.2 Å². The Morgan fingerprint density at radius 3 is 2.83 bits per heavy atom. The molecule has 0 unspecified atom stereocenters. The van der Waals surface area contributed by atoms with E-state index in [1.165, 1.54) is 25.7 Å². The molecule has 18 heavy (non-hydrogen) atoms. The molecule has 4 nitrogen and oxygen atoms in total. The molecule has 0 bridgehead atoms. The number of tetrazole rings is 1. The van der Waals surface area contributed by atoms with Gasteiger partial charge in [0.15, 0.2) is 5.82 Å². The predicted molar refractivity (Wildman–Crippen MR) is 73.1 cm³/mol. The van der Waals surface area contributed by atoms with Gasteiger partial charge in [-0.1, -0.05) is 24.4 Å². The largest absolute Gasteiger partial charge is 0.196 e. The highest BCUT2D eigenvalue weighted by Crippen LogP contribution is 2.34. The quantitative estimate of drug-likeness (QED) is 0.844. The van der Waals surface area contributed by atoms with Gasteiger partial charge in [0.25, 0.3) is 0 Å². The number of halogens is 2. The van der Waals surface area contributed by atoms with E-state index in [9.17, 15) is 0 Å². The van der Waals surface area contributed by atoms with Crippen LogP contribution in [0.3, 0.4) is 0 Å². The molecular weight excluding hydrogens is 316 g/mol. The van der Waals surface area contributed by atoms with Crippen molar-refractivity contribution in [2.24, 2.45) is 0 Å². The molecule has 0 amide bonds. The average molecular weight is 328 g/mol. The number of nitrogens with zero attached hydrogens (tertiary/aromatic N) is 4. The van der Waals surface area contributed by atoms with Gasteiger partial charge in [-0.05, 0) is 57.4 Å². The van der Waals surface area contributed by atoms with Crippen LogP contribution in [0.4, 0.5) is 0 Å². The highest BCUT2D eigenvalue weighted by molar-refractivity contribution is 9.10. The van der Waals surface area contributed by atoms with E-state index in [1.807, 2.05) is 18.2 Å². The van der Waals surface area contributed by atoms with Crippen molar-refractivity contribution in [3.63, 3.8) is 0 Å². The van der Waals surface area contributed by atoms with Crippen molar-refractivity contribution in [1.29, 1.82) is 0 Å². The summed E-state index contributed by atoms with van der Waals surface area (Å²) < 4.78 is 2.74. The van der Waals surface area contributed by atoms with Crippen LogP contribution in [0.2, 0.25) is 5.02 Å². The first-order valence-electron chi connectivity index (χ1n) is 5.99. The minimum absolute atomic E-state index is 0.464. The minimum Gasteiger partial charge on any atom is -0.196 e. The predicted octanol–water partition coefficient (Wildman–Crippen LogP) is 3.74. The lowest BCUT2D eigenvalue weighted by atomic mass is 10.1. The van der Waals surface area contributed by atoms with E-state index in [1.54, 1.807) is 4.68 Å². The van der Waals surface area contributed by atoms with E-state index in [2.05, 4.69) is 31.5 Å². The number of aromatic nitrogens is 4. The Kier molecular flexibility index (Phi) is 3.35. The van der Waals surface area contributed by atoms with E-state index in [0.29, 0.717) is 10.9 Å². The van der Waals surface area contributed by atoms with E-state index >= 15 is 0 Å². The smallest absolute Gasteiger partial charge is 0.159 e. The van der Waals surface area contributed by atoms with Gasteiger partial charge in [0.2, 0.25) is 0 Å². The molecule has 1 aromatic heterocycles. The zero-order valence-corrected chi connectivity index (χ0v) is 12.0. The molecule has 0 aliphatic heterocycles. The van der Waals surface area contributed by atoms with Crippen LogP contribution in [0.25, 0.3) is 5.69 Å². The van der Waals surface area contributed by atoms with E-state index < -0.39 is 0 Å². The molecule has 1 fully saturated rings. The summed E-state index contributed by atoms with van der Waals surface area (Å²) in [5.74, 6) is 1.40. The first-order chi connectivity index (χ1) is 8.75. The fraction of sp³-hybridized carbons (Fsp3) is 0.417. The molecule has 1 aliphatic rings. The lowest BCUT2D eigenvalue weighted by molar-refractivity contribution is 0.635. The molecular formula is C12H12BrClN4. The summed E-state index contributed by atoms with van der Waals surface area (Å²) >= 11 is 9.56. The molecule has 0 spiro atoms. The van der Waals surface area contributed by atoms with Crippen molar-refractivity contribution >= 4 is 27.5 Å². The Bertz CT molecular complexity index is 563. The van der Waals surface area contributed by atoms with Gasteiger partial charge in [-0.15, -0.1) is 5.10 Å². The fourth-order valence-electron chi connectivity index (χ4n) is 2.45. The molecule has 94 valence electrons. The average Bonchev–Trinajstić information content (AvgIpc) is 3.00. The summed E-state index contributed by atoms with van der Waals surface area (Å²) in [7, 11) is 0. The van der Waals surface area contributed by atoms with Crippen LogP contribution in [0.15, 0.2) is 22.7 Å². The van der Waals surface area contributed by atoms with Gasteiger partial charge in [0, 0.05) is 15.4 Å². The van der Waals surface area contributed by atoms with Crippen LogP contribution in [-0.2, 0) is 0 Å². The second-order valence-corrected chi connectivity index (χ2v) is 5.82. The maximum atomic E-state index is 6.04. The van der Waals surface area contributed by atoms with Crippen LogP contribution >= 0.6 is 27.5 Å². The van der Waals surface area contributed by atoms with Crippen molar-refractivity contribution < 1.29 is 0 Å². The first kappa shape index (κ1) is 12.1. The van der Waals surface area contributed by atoms with Gasteiger partial charge in [0.1, 0.15) is 0 Å². The van der Waals surface area contributed by atoms with Crippen molar-refractivity contribution in [2.45, 2.75) is 31.6 Å². The number of rotatable bonds is 2. The summed E-state index contributed by atoms with van der Waals surface area (Å²) in [6.45, 7) is 0. The SMILES string of the molecule is Clc1ccc(Br)c(-n2nnnc2C2CCCC2)c1. The summed E-state index contributed by atoms with van der Waals surface area (Å²) in [4.78, 5) is 0. The molecule has 0 saturated heterocycles. The third-order valence-electron chi connectivity index (χ3n) is 3.35. The zero-order valence-electron chi connectivity index (χ0n) is 9.68. The first-order valence-corrected chi connectivity index (χ1v) is 7.16. The summed E-state index contributed by atoms with van der Waals surface area (Å²) in [5, 5.41) is 12.8. The highest BCUT2D eigenvalue weighted by atomic mass is 79.9. The van der Waals surface area contributed by atoms with Crippen LogP contribution in [0, 0.1) is 0 Å². The second-order valence-electron chi connectivity index (χ2n) is 4.53. The topological polar surface area (TPSA) is 43.6 Å². The monoisotopic (exact) mass is 326 g/mol. The number of hydrogen-bond acceptors (Lipinski definition) is 3. The Morgan fingerprint density at radius 1 is 1.28 bits per heavy atom. The van der Waals surface area contributed by atoms with E-state index in [0.717, 1.165) is 16.0 Å². The molecule has 1 aromatic carbocycles. The summed E-state index contributed by atoms with van der Waals surface area (Å²) in [6.07, 6.45) is 4.85. The maximum absolute atomic E-state index is 6.04. The molecule has 0 atom stereocenters. The number of benzene rings is 1. The molecule has 1 saturated carbocycles. The Hall–Kier alpha value is -0.940. The van der Waals surface area contributed by atoms with Crippen molar-refractivity contribution in [2.75, 3.05) is 0 Å².